The van der Waals surface area contributed by atoms with E-state index in [0.717, 1.165) is 11.1 Å². The Morgan fingerprint density at radius 2 is 1.51 bits per heavy atom. The molecule has 0 radical (unpaired) electrons. The third-order valence-corrected chi connectivity index (χ3v) is 8.09. The van der Waals surface area contributed by atoms with E-state index in [-0.39, 0.29) is 17.9 Å². The number of carboxylic acids is 1. The largest absolute Gasteiger partial charge is 0.481 e. The van der Waals surface area contributed by atoms with Gasteiger partial charge in [-0.25, -0.2) is 4.79 Å². The van der Waals surface area contributed by atoms with Crippen molar-refractivity contribution in [3.63, 3.8) is 0 Å². The van der Waals surface area contributed by atoms with Crippen molar-refractivity contribution in [2.24, 2.45) is 0 Å². The average Bonchev–Trinajstić information content (AvgIpc) is 3.31. The zero-order valence-corrected chi connectivity index (χ0v) is 26.5. The molecule has 0 aliphatic carbocycles. The minimum atomic E-state index is -1.04. The number of hydrogen-bond acceptors (Lipinski definition) is 5. The molecule has 0 spiro atoms. The standard InChI is InChI=1S/C37H39N5O5/c1-25-12-14-27(15-13-25)31(24-34(43)44)39-35(45)29-16-17-33(32(23-29)40-37(47)38-30-11-6-8-26(2)22-30)41-18-7-19-42(21-20-41)36(46)28-9-4-3-5-10-28/h3-6,8-17,22-23,31H,7,18-21,24H2,1-2H3,(H,39,45)(H,43,44)(H2,38,40,47). The minimum Gasteiger partial charge on any atom is -0.481 e. The molecule has 0 aromatic heterocycles. The summed E-state index contributed by atoms with van der Waals surface area (Å²) >= 11 is 0. The Kier molecular flexibility index (Phi) is 10.5. The number of carboxylic acid groups (broad SMARTS) is 1. The summed E-state index contributed by atoms with van der Waals surface area (Å²) in [4.78, 5) is 55.5. The number of anilines is 3. The number of urea groups is 1. The fraction of sp³-hybridized carbons (Fsp3) is 0.243. The normalized spacial score (nSPS) is 13.7. The van der Waals surface area contributed by atoms with Crippen molar-refractivity contribution in [1.82, 2.24) is 10.2 Å². The van der Waals surface area contributed by atoms with E-state index in [1.807, 2.05) is 79.4 Å². The summed E-state index contributed by atoms with van der Waals surface area (Å²) in [6.07, 6.45) is 0.423. The number of nitrogens with one attached hydrogen (secondary N) is 3. The van der Waals surface area contributed by atoms with Crippen LogP contribution in [-0.4, -0.2) is 60.0 Å². The van der Waals surface area contributed by atoms with E-state index in [1.54, 1.807) is 36.4 Å². The van der Waals surface area contributed by atoms with Gasteiger partial charge in [0.2, 0.25) is 0 Å². The number of carbonyl (C=O) groups excluding carboxylic acids is 3. The molecule has 1 heterocycles. The van der Waals surface area contributed by atoms with E-state index in [9.17, 15) is 24.3 Å². The average molecular weight is 634 g/mol. The second-order valence-corrected chi connectivity index (χ2v) is 11.7. The third-order valence-electron chi connectivity index (χ3n) is 8.09. The second-order valence-electron chi connectivity index (χ2n) is 11.7. The van der Waals surface area contributed by atoms with Gasteiger partial charge in [0.15, 0.2) is 0 Å². The highest BCUT2D eigenvalue weighted by molar-refractivity contribution is 6.04. The lowest BCUT2D eigenvalue weighted by molar-refractivity contribution is -0.137. The van der Waals surface area contributed by atoms with Crippen LogP contribution in [0.2, 0.25) is 0 Å². The van der Waals surface area contributed by atoms with Crippen molar-refractivity contribution in [2.45, 2.75) is 32.7 Å². The van der Waals surface area contributed by atoms with E-state index in [4.69, 9.17) is 0 Å². The molecule has 242 valence electrons. The Balaban J connectivity index is 1.39. The highest BCUT2D eigenvalue weighted by atomic mass is 16.4. The lowest BCUT2D eigenvalue weighted by Gasteiger charge is -2.27. The first kappa shape index (κ1) is 32.7. The third kappa shape index (κ3) is 8.76. The van der Waals surface area contributed by atoms with Crippen molar-refractivity contribution in [3.05, 3.63) is 125 Å². The van der Waals surface area contributed by atoms with Crippen LogP contribution in [0.4, 0.5) is 21.9 Å². The topological polar surface area (TPSA) is 131 Å². The van der Waals surface area contributed by atoms with Crippen LogP contribution in [0.5, 0.6) is 0 Å². The zero-order chi connectivity index (χ0) is 33.3. The minimum absolute atomic E-state index is 0.0279. The van der Waals surface area contributed by atoms with Crippen LogP contribution in [0.3, 0.4) is 0 Å². The number of rotatable bonds is 9. The predicted molar refractivity (Wildman–Crippen MR) is 183 cm³/mol. The Morgan fingerprint density at radius 1 is 0.745 bits per heavy atom. The van der Waals surface area contributed by atoms with Crippen molar-refractivity contribution >= 4 is 40.9 Å². The fourth-order valence-electron chi connectivity index (χ4n) is 5.65. The summed E-state index contributed by atoms with van der Waals surface area (Å²) in [5, 5.41) is 18.2. The lowest BCUT2D eigenvalue weighted by Crippen LogP contribution is -2.35. The predicted octanol–water partition coefficient (Wildman–Crippen LogP) is 6.25. The molecule has 10 nitrogen and oxygen atoms in total. The Labute approximate surface area is 274 Å². The van der Waals surface area contributed by atoms with E-state index in [1.165, 1.54) is 0 Å². The van der Waals surface area contributed by atoms with Crippen molar-refractivity contribution in [2.75, 3.05) is 41.7 Å². The number of benzene rings is 4. The molecule has 0 bridgehead atoms. The first-order valence-electron chi connectivity index (χ1n) is 15.6. The highest BCUT2D eigenvalue weighted by Gasteiger charge is 2.24. The van der Waals surface area contributed by atoms with Crippen LogP contribution < -0.4 is 20.9 Å². The van der Waals surface area contributed by atoms with Crippen LogP contribution in [0.1, 0.15) is 56.3 Å². The van der Waals surface area contributed by atoms with Crippen molar-refractivity contribution < 1.29 is 24.3 Å². The maximum atomic E-state index is 13.5. The van der Waals surface area contributed by atoms with Gasteiger partial charge < -0.3 is 30.9 Å². The SMILES string of the molecule is Cc1ccc(C(CC(=O)O)NC(=O)c2ccc(N3CCCN(C(=O)c4ccccc4)CC3)c(NC(=O)Nc3cccc(C)c3)c2)cc1. The fourth-order valence-corrected chi connectivity index (χ4v) is 5.65. The first-order chi connectivity index (χ1) is 22.7. The Morgan fingerprint density at radius 3 is 2.23 bits per heavy atom. The molecular weight excluding hydrogens is 594 g/mol. The first-order valence-corrected chi connectivity index (χ1v) is 15.6. The zero-order valence-electron chi connectivity index (χ0n) is 26.5. The number of aryl methyl sites for hydroxylation is 2. The molecule has 47 heavy (non-hydrogen) atoms. The summed E-state index contributed by atoms with van der Waals surface area (Å²) in [5.74, 6) is -1.54. The van der Waals surface area contributed by atoms with Crippen LogP contribution in [0, 0.1) is 13.8 Å². The molecule has 1 aliphatic rings. The number of amides is 4. The van der Waals surface area contributed by atoms with Gasteiger partial charge in [-0.15, -0.1) is 0 Å². The van der Waals surface area contributed by atoms with E-state index in [2.05, 4.69) is 20.9 Å². The van der Waals surface area contributed by atoms with E-state index in [0.29, 0.717) is 60.8 Å². The molecule has 10 heteroatoms. The summed E-state index contributed by atoms with van der Waals surface area (Å²) in [6, 6.07) is 27.8. The van der Waals surface area contributed by atoms with Gasteiger partial charge in [-0.1, -0.05) is 60.2 Å². The van der Waals surface area contributed by atoms with Gasteiger partial charge in [-0.05, 0) is 73.9 Å². The second kappa shape index (κ2) is 15.1. The monoisotopic (exact) mass is 633 g/mol. The van der Waals surface area contributed by atoms with Crippen molar-refractivity contribution in [3.8, 4) is 0 Å². The van der Waals surface area contributed by atoms with Gasteiger partial charge in [-0.3, -0.25) is 14.4 Å². The van der Waals surface area contributed by atoms with Crippen molar-refractivity contribution in [1.29, 1.82) is 0 Å². The molecule has 5 rings (SSSR count). The van der Waals surface area contributed by atoms with E-state index < -0.39 is 23.9 Å². The summed E-state index contributed by atoms with van der Waals surface area (Å²) < 4.78 is 0. The van der Waals surface area contributed by atoms with Gasteiger partial charge >= 0.3 is 12.0 Å². The number of nitrogens with zero attached hydrogens (tertiary/aromatic N) is 2. The smallest absolute Gasteiger partial charge is 0.323 e. The molecule has 4 N–H and O–H groups in total. The maximum absolute atomic E-state index is 13.5. The quantitative estimate of drug-likeness (QED) is 0.173. The maximum Gasteiger partial charge on any atom is 0.323 e. The molecule has 1 unspecified atom stereocenters. The molecule has 1 fully saturated rings. The molecular formula is C37H39N5O5. The van der Waals surface area contributed by atoms with Crippen LogP contribution in [-0.2, 0) is 4.79 Å². The number of aliphatic carboxylic acids is 1. The summed E-state index contributed by atoms with van der Waals surface area (Å²) in [7, 11) is 0. The van der Waals surface area contributed by atoms with E-state index >= 15 is 0 Å². The number of hydrogen-bond donors (Lipinski definition) is 4. The van der Waals surface area contributed by atoms with Gasteiger partial charge in [0.25, 0.3) is 11.8 Å². The van der Waals surface area contributed by atoms with Gasteiger partial charge in [0.05, 0.1) is 23.8 Å². The molecule has 1 saturated heterocycles. The molecule has 1 atom stereocenters. The van der Waals surface area contributed by atoms with Crippen LogP contribution >= 0.6 is 0 Å². The Hall–Kier alpha value is -5.64. The van der Waals surface area contributed by atoms with Crippen LogP contribution in [0.25, 0.3) is 0 Å². The van der Waals surface area contributed by atoms with Gasteiger partial charge in [-0.2, -0.15) is 0 Å². The molecule has 4 aromatic carbocycles. The molecule has 4 amide bonds. The van der Waals surface area contributed by atoms with Gasteiger partial charge in [0.1, 0.15) is 0 Å². The highest BCUT2D eigenvalue weighted by Crippen LogP contribution is 2.30. The van der Waals surface area contributed by atoms with Crippen LogP contribution in [0.15, 0.2) is 97.1 Å². The lowest BCUT2D eigenvalue weighted by atomic mass is 10.0. The summed E-state index contributed by atoms with van der Waals surface area (Å²) in [5.41, 5.74) is 5.33. The molecule has 1 aliphatic heterocycles. The number of carbonyl (C=O) groups is 4. The molecule has 4 aromatic rings. The molecule has 0 saturated carbocycles. The summed E-state index contributed by atoms with van der Waals surface area (Å²) in [6.45, 7) is 6.09. The van der Waals surface area contributed by atoms with Gasteiger partial charge in [0, 0.05) is 43.0 Å². The Bertz CT molecular complexity index is 1740.